The van der Waals surface area contributed by atoms with Crippen molar-refractivity contribution < 1.29 is 18.7 Å². The molecule has 0 aliphatic rings. The fraction of sp³-hybridized carbons (Fsp3) is 0.111. The third kappa shape index (κ3) is 3.08. The van der Waals surface area contributed by atoms with Crippen LogP contribution < -0.4 is 5.73 Å². The number of esters is 1. The second-order valence-corrected chi connectivity index (χ2v) is 3.60. The Morgan fingerprint density at radius 3 is 2.50 bits per heavy atom. The van der Waals surface area contributed by atoms with Gasteiger partial charge in [0.15, 0.2) is 6.61 Å². The van der Waals surface area contributed by atoms with Crippen molar-refractivity contribution in [1.29, 1.82) is 0 Å². The van der Waals surface area contributed by atoms with Gasteiger partial charge in [-0.05, 0) is 12.1 Å². The molecule has 0 aliphatic heterocycles. The summed E-state index contributed by atoms with van der Waals surface area (Å²) < 4.78 is 17.5. The molecule has 16 heavy (non-hydrogen) atoms. The summed E-state index contributed by atoms with van der Waals surface area (Å²) in [5.41, 5.74) is 4.55. The van der Waals surface area contributed by atoms with Crippen LogP contribution in [0, 0.1) is 5.82 Å². The Balaban J connectivity index is 2.91. The lowest BCUT2D eigenvalue weighted by atomic mass is 10.2. The van der Waals surface area contributed by atoms with Gasteiger partial charge in [0, 0.05) is 0 Å². The SMILES string of the molecule is NC(=O)COC(=O)c1cc(F)c(Cl)cc1Cl. The monoisotopic (exact) mass is 265 g/mol. The van der Waals surface area contributed by atoms with Crippen molar-refractivity contribution in [2.45, 2.75) is 0 Å². The van der Waals surface area contributed by atoms with Crippen LogP contribution in [-0.2, 0) is 9.53 Å². The van der Waals surface area contributed by atoms with Gasteiger partial charge in [-0.3, -0.25) is 4.79 Å². The molecule has 0 heterocycles. The molecule has 0 spiro atoms. The minimum Gasteiger partial charge on any atom is -0.452 e. The smallest absolute Gasteiger partial charge is 0.340 e. The van der Waals surface area contributed by atoms with E-state index < -0.39 is 24.3 Å². The molecular weight excluding hydrogens is 260 g/mol. The normalized spacial score (nSPS) is 9.94. The highest BCUT2D eigenvalue weighted by Crippen LogP contribution is 2.24. The summed E-state index contributed by atoms with van der Waals surface area (Å²) in [7, 11) is 0. The van der Waals surface area contributed by atoms with Crippen LogP contribution in [-0.4, -0.2) is 18.5 Å². The average molecular weight is 266 g/mol. The van der Waals surface area contributed by atoms with E-state index in [4.69, 9.17) is 28.9 Å². The van der Waals surface area contributed by atoms with Gasteiger partial charge in [-0.15, -0.1) is 0 Å². The fourth-order valence-corrected chi connectivity index (χ4v) is 1.35. The van der Waals surface area contributed by atoms with Crippen LogP contribution in [0.2, 0.25) is 10.0 Å². The van der Waals surface area contributed by atoms with E-state index >= 15 is 0 Å². The molecule has 0 fully saturated rings. The van der Waals surface area contributed by atoms with Gasteiger partial charge >= 0.3 is 5.97 Å². The van der Waals surface area contributed by atoms with Crippen LogP contribution >= 0.6 is 23.2 Å². The van der Waals surface area contributed by atoms with Crippen molar-refractivity contribution in [2.24, 2.45) is 5.73 Å². The first-order chi connectivity index (χ1) is 7.41. The molecule has 1 amide bonds. The maximum atomic E-state index is 13.0. The lowest BCUT2D eigenvalue weighted by Gasteiger charge is -2.05. The number of hydrogen-bond donors (Lipinski definition) is 1. The zero-order chi connectivity index (χ0) is 12.3. The summed E-state index contributed by atoms with van der Waals surface area (Å²) in [5, 5.41) is -0.280. The second-order valence-electron chi connectivity index (χ2n) is 2.79. The maximum Gasteiger partial charge on any atom is 0.340 e. The summed E-state index contributed by atoms with van der Waals surface area (Å²) in [6.07, 6.45) is 0. The number of hydrogen-bond acceptors (Lipinski definition) is 3. The van der Waals surface area contributed by atoms with E-state index in [1.54, 1.807) is 0 Å². The molecule has 0 aromatic heterocycles. The van der Waals surface area contributed by atoms with E-state index in [2.05, 4.69) is 4.74 Å². The Bertz CT molecular complexity index is 451. The third-order valence-corrected chi connectivity index (χ3v) is 2.18. The Labute approximate surface area is 100 Å². The largest absolute Gasteiger partial charge is 0.452 e. The lowest BCUT2D eigenvalue weighted by Crippen LogP contribution is -2.21. The third-order valence-electron chi connectivity index (χ3n) is 1.58. The molecule has 2 N–H and O–H groups in total. The van der Waals surface area contributed by atoms with Gasteiger partial charge in [0.05, 0.1) is 15.6 Å². The summed E-state index contributed by atoms with van der Waals surface area (Å²) in [5.74, 6) is -2.57. The molecule has 1 rings (SSSR count). The highest BCUT2D eigenvalue weighted by Gasteiger charge is 2.16. The number of ether oxygens (including phenoxy) is 1. The van der Waals surface area contributed by atoms with Crippen LogP contribution in [0.3, 0.4) is 0 Å². The first-order valence-corrected chi connectivity index (χ1v) is 4.77. The van der Waals surface area contributed by atoms with Crippen LogP contribution in [0.4, 0.5) is 4.39 Å². The van der Waals surface area contributed by atoms with Crippen molar-refractivity contribution in [3.63, 3.8) is 0 Å². The van der Waals surface area contributed by atoms with Crippen molar-refractivity contribution in [1.82, 2.24) is 0 Å². The number of carbonyl (C=O) groups excluding carboxylic acids is 2. The van der Waals surface area contributed by atoms with Gasteiger partial charge in [-0.2, -0.15) is 0 Å². The Morgan fingerprint density at radius 2 is 1.94 bits per heavy atom. The highest BCUT2D eigenvalue weighted by molar-refractivity contribution is 6.36. The van der Waals surface area contributed by atoms with Gasteiger partial charge in [-0.25, -0.2) is 9.18 Å². The molecule has 4 nitrogen and oxygen atoms in total. The van der Waals surface area contributed by atoms with Gasteiger partial charge in [0.1, 0.15) is 5.82 Å². The number of nitrogens with two attached hydrogens (primary N) is 1. The van der Waals surface area contributed by atoms with Crippen LogP contribution in [0.25, 0.3) is 0 Å². The lowest BCUT2D eigenvalue weighted by molar-refractivity contribution is -0.121. The molecule has 0 unspecified atom stereocenters. The van der Waals surface area contributed by atoms with Crippen LogP contribution in [0.15, 0.2) is 12.1 Å². The molecule has 0 aliphatic carbocycles. The van der Waals surface area contributed by atoms with E-state index in [1.165, 1.54) is 0 Å². The zero-order valence-corrected chi connectivity index (χ0v) is 9.31. The molecular formula is C9H6Cl2FNO3. The molecule has 0 radical (unpaired) electrons. The molecule has 0 bridgehead atoms. The van der Waals surface area contributed by atoms with Gasteiger partial charge in [0.25, 0.3) is 5.91 Å². The standard InChI is InChI=1S/C9H6Cl2FNO3/c10-5-2-6(11)7(12)1-4(5)9(15)16-3-8(13)14/h1-2H,3H2,(H2,13,14). The molecule has 86 valence electrons. The van der Waals surface area contributed by atoms with E-state index in [0.29, 0.717) is 0 Å². The van der Waals surface area contributed by atoms with Crippen LogP contribution in [0.5, 0.6) is 0 Å². The quantitative estimate of drug-likeness (QED) is 0.669. The van der Waals surface area contributed by atoms with E-state index in [9.17, 15) is 14.0 Å². The molecule has 1 aromatic carbocycles. The van der Waals surface area contributed by atoms with Gasteiger partial charge in [0.2, 0.25) is 0 Å². The number of primary amides is 1. The molecule has 0 atom stereocenters. The zero-order valence-electron chi connectivity index (χ0n) is 7.80. The first-order valence-electron chi connectivity index (χ1n) is 4.01. The molecule has 0 saturated heterocycles. The van der Waals surface area contributed by atoms with Gasteiger partial charge in [-0.1, -0.05) is 23.2 Å². The molecule has 7 heteroatoms. The van der Waals surface area contributed by atoms with Gasteiger partial charge < -0.3 is 10.5 Å². The van der Waals surface area contributed by atoms with E-state index in [0.717, 1.165) is 12.1 Å². The topological polar surface area (TPSA) is 69.4 Å². The number of benzene rings is 1. The summed E-state index contributed by atoms with van der Waals surface area (Å²) in [4.78, 5) is 21.7. The maximum absolute atomic E-state index is 13.0. The fourth-order valence-electron chi connectivity index (χ4n) is 0.893. The number of amides is 1. The summed E-state index contributed by atoms with van der Waals surface area (Å²) in [6.45, 7) is -0.598. The second kappa shape index (κ2) is 5.14. The molecule has 0 saturated carbocycles. The van der Waals surface area contributed by atoms with Crippen LogP contribution in [0.1, 0.15) is 10.4 Å². The van der Waals surface area contributed by atoms with Crippen molar-refractivity contribution in [3.05, 3.63) is 33.6 Å². The van der Waals surface area contributed by atoms with E-state index in [-0.39, 0.29) is 15.6 Å². The molecule has 1 aromatic rings. The predicted molar refractivity (Wildman–Crippen MR) is 55.9 cm³/mol. The minimum absolute atomic E-state index is 0.0686. The minimum atomic E-state index is -0.945. The predicted octanol–water partition coefficient (Wildman–Crippen LogP) is 1.77. The highest BCUT2D eigenvalue weighted by atomic mass is 35.5. The Morgan fingerprint density at radius 1 is 1.31 bits per heavy atom. The number of halogens is 3. The average Bonchev–Trinajstić information content (AvgIpc) is 2.20. The van der Waals surface area contributed by atoms with Crippen molar-refractivity contribution in [3.8, 4) is 0 Å². The Hall–Kier alpha value is -1.33. The number of rotatable bonds is 3. The van der Waals surface area contributed by atoms with Crippen molar-refractivity contribution in [2.75, 3.05) is 6.61 Å². The Kier molecular flexibility index (Phi) is 4.09. The summed E-state index contributed by atoms with van der Waals surface area (Å²) in [6, 6.07) is 1.90. The van der Waals surface area contributed by atoms with Crippen molar-refractivity contribution >= 4 is 35.1 Å². The summed E-state index contributed by atoms with van der Waals surface area (Å²) >= 11 is 11.1. The number of carbonyl (C=O) groups is 2. The van der Waals surface area contributed by atoms with E-state index in [1.807, 2.05) is 0 Å². The first kappa shape index (κ1) is 12.7.